The first-order valence-electron chi connectivity index (χ1n) is 12.0. The quantitative estimate of drug-likeness (QED) is 0.335. The monoisotopic (exact) mass is 488 g/mol. The molecular formula is C26H32O9. The van der Waals surface area contributed by atoms with Gasteiger partial charge in [-0.2, -0.15) is 0 Å². The maximum Gasteiger partial charge on any atom is 0.332 e. The van der Waals surface area contributed by atoms with Crippen LogP contribution in [0.5, 0.6) is 0 Å². The van der Waals surface area contributed by atoms with Gasteiger partial charge in [-0.3, -0.25) is 14.4 Å². The van der Waals surface area contributed by atoms with E-state index < -0.39 is 75.4 Å². The van der Waals surface area contributed by atoms with Crippen LogP contribution in [-0.2, 0) is 38.1 Å². The number of hydrogen-bond acceptors (Lipinski definition) is 9. The first kappa shape index (κ1) is 24.2. The first-order valence-corrected chi connectivity index (χ1v) is 12.0. The second kappa shape index (κ2) is 6.82. The molecule has 1 N–H and O–H groups in total. The number of fused-ring (bicyclic) bond motifs is 3. The van der Waals surface area contributed by atoms with Crippen LogP contribution in [0.4, 0.5) is 0 Å². The van der Waals surface area contributed by atoms with E-state index in [1.54, 1.807) is 34.6 Å². The van der Waals surface area contributed by atoms with Crippen molar-refractivity contribution in [2.24, 2.45) is 28.1 Å². The Labute approximate surface area is 203 Å². The molecule has 2 aliphatic carbocycles. The number of allylic oxidation sites excluding steroid dienone is 1. The molecule has 0 aromatic heterocycles. The maximum atomic E-state index is 14.1. The Hall–Kier alpha value is -2.52. The summed E-state index contributed by atoms with van der Waals surface area (Å²) in [5.41, 5.74) is -6.11. The van der Waals surface area contributed by atoms with Gasteiger partial charge in [-0.05, 0) is 64.5 Å². The summed E-state index contributed by atoms with van der Waals surface area (Å²) in [6.07, 6.45) is 1.30. The van der Waals surface area contributed by atoms with Gasteiger partial charge < -0.3 is 24.1 Å². The Morgan fingerprint density at radius 1 is 1.11 bits per heavy atom. The van der Waals surface area contributed by atoms with Gasteiger partial charge in [0, 0.05) is 11.5 Å². The first-order chi connectivity index (χ1) is 16.1. The molecule has 5 aliphatic rings. The van der Waals surface area contributed by atoms with Crippen molar-refractivity contribution in [1.29, 1.82) is 0 Å². The average molecular weight is 489 g/mol. The lowest BCUT2D eigenvalue weighted by molar-refractivity contribution is -0.261. The molecule has 3 heterocycles. The highest BCUT2D eigenvalue weighted by Crippen LogP contribution is 2.73. The molecule has 5 rings (SSSR count). The van der Waals surface area contributed by atoms with Crippen molar-refractivity contribution >= 4 is 23.7 Å². The van der Waals surface area contributed by atoms with Gasteiger partial charge in [-0.25, -0.2) is 4.79 Å². The van der Waals surface area contributed by atoms with E-state index >= 15 is 0 Å². The minimum absolute atomic E-state index is 0.119. The molecule has 0 spiro atoms. The maximum absolute atomic E-state index is 14.1. The molecule has 8 atom stereocenters. The number of ether oxygens (including phenoxy) is 4. The molecule has 9 heteroatoms. The van der Waals surface area contributed by atoms with Crippen molar-refractivity contribution < 1.29 is 43.2 Å². The predicted molar refractivity (Wildman–Crippen MR) is 119 cm³/mol. The fourth-order valence-corrected chi connectivity index (χ4v) is 7.91. The predicted octanol–water partition coefficient (Wildman–Crippen LogP) is 2.01. The largest absolute Gasteiger partial charge is 0.468 e. The highest BCUT2D eigenvalue weighted by molar-refractivity contribution is 6.09. The molecule has 0 aromatic rings. The minimum Gasteiger partial charge on any atom is -0.468 e. The van der Waals surface area contributed by atoms with Crippen LogP contribution < -0.4 is 0 Å². The van der Waals surface area contributed by atoms with E-state index in [2.05, 4.69) is 0 Å². The number of hydrogen-bond donors (Lipinski definition) is 1. The molecule has 0 aromatic carbocycles. The lowest BCUT2D eigenvalue weighted by Gasteiger charge is -2.63. The zero-order valence-corrected chi connectivity index (χ0v) is 21.1. The molecule has 0 amide bonds. The summed E-state index contributed by atoms with van der Waals surface area (Å²) in [7, 11) is 1.21. The van der Waals surface area contributed by atoms with Crippen molar-refractivity contribution in [1.82, 2.24) is 0 Å². The van der Waals surface area contributed by atoms with E-state index in [0.717, 1.165) is 0 Å². The fraction of sp³-hybridized carbons (Fsp3) is 0.692. The van der Waals surface area contributed by atoms with Gasteiger partial charge >= 0.3 is 17.9 Å². The van der Waals surface area contributed by atoms with Crippen molar-refractivity contribution in [3.8, 4) is 0 Å². The Morgan fingerprint density at radius 2 is 1.77 bits per heavy atom. The molecule has 9 nitrogen and oxygen atoms in total. The molecule has 3 aliphatic heterocycles. The lowest BCUT2D eigenvalue weighted by atomic mass is 9.38. The molecule has 8 unspecified atom stereocenters. The number of methoxy groups -OCH3 is 1. The Balaban J connectivity index is 1.86. The number of carbonyl (C=O) groups is 4. The minimum atomic E-state index is -1.84. The number of rotatable bonds is 1. The third-order valence-corrected chi connectivity index (χ3v) is 9.53. The highest BCUT2D eigenvalue weighted by atomic mass is 16.7. The van der Waals surface area contributed by atoms with Crippen LogP contribution in [0.15, 0.2) is 23.3 Å². The van der Waals surface area contributed by atoms with Gasteiger partial charge in [0.2, 0.25) is 6.29 Å². The van der Waals surface area contributed by atoms with Crippen LogP contribution in [-0.4, -0.2) is 59.5 Å². The van der Waals surface area contributed by atoms with Crippen LogP contribution in [0.2, 0.25) is 0 Å². The van der Waals surface area contributed by atoms with Crippen LogP contribution in [0.1, 0.15) is 54.4 Å². The molecule has 0 radical (unpaired) electrons. The standard InChI is InChI=1S/C26H32O9/c1-12-18(28)26(21(30)32-7)17-19(33-12)34-20(29)23(17,4)11-15-24(26,5)9-8-13-14(25(15,6)31)10-16(27)35-22(13,2)3/h8,10,12,15,17,19,31H,9,11H2,1-7H3. The number of esters is 3. The summed E-state index contributed by atoms with van der Waals surface area (Å²) in [6.45, 7) is 10.0. The van der Waals surface area contributed by atoms with E-state index in [9.17, 15) is 24.3 Å². The highest BCUT2D eigenvalue weighted by Gasteiger charge is 2.82. The summed E-state index contributed by atoms with van der Waals surface area (Å²) < 4.78 is 22.3. The van der Waals surface area contributed by atoms with Crippen molar-refractivity contribution in [2.45, 2.75) is 78.0 Å². The van der Waals surface area contributed by atoms with Crippen LogP contribution in [0, 0.1) is 28.1 Å². The van der Waals surface area contributed by atoms with Crippen LogP contribution in [0.25, 0.3) is 0 Å². The topological polar surface area (TPSA) is 125 Å². The second-order valence-electron chi connectivity index (χ2n) is 11.7. The molecule has 3 fully saturated rings. The number of carbonyl (C=O) groups excluding carboxylic acids is 4. The molecule has 2 saturated heterocycles. The van der Waals surface area contributed by atoms with Crippen molar-refractivity contribution in [2.75, 3.05) is 7.11 Å². The zero-order chi connectivity index (χ0) is 25.9. The van der Waals surface area contributed by atoms with Crippen molar-refractivity contribution in [3.63, 3.8) is 0 Å². The number of cyclic esters (lactones) is 1. The normalized spacial score (nSPS) is 47.7. The number of Topliss-reactive ketones (excluding diaryl/α,β-unsaturated/α-hetero) is 1. The van der Waals surface area contributed by atoms with E-state index in [0.29, 0.717) is 11.1 Å². The lowest BCUT2D eigenvalue weighted by Crippen LogP contribution is -2.73. The second-order valence-corrected chi connectivity index (χ2v) is 11.7. The smallest absolute Gasteiger partial charge is 0.332 e. The molecule has 190 valence electrons. The number of ketones is 1. The van der Waals surface area contributed by atoms with E-state index in [1.807, 2.05) is 6.08 Å². The van der Waals surface area contributed by atoms with Crippen LogP contribution >= 0.6 is 0 Å². The fourth-order valence-electron chi connectivity index (χ4n) is 7.91. The van der Waals surface area contributed by atoms with E-state index in [-0.39, 0.29) is 12.8 Å². The summed E-state index contributed by atoms with van der Waals surface area (Å²) in [5, 5.41) is 12.2. The average Bonchev–Trinajstić information content (AvgIpc) is 2.95. The Kier molecular flexibility index (Phi) is 4.71. The van der Waals surface area contributed by atoms with Gasteiger partial charge in [0.05, 0.1) is 24.0 Å². The third kappa shape index (κ3) is 2.61. The van der Waals surface area contributed by atoms with Gasteiger partial charge in [0.15, 0.2) is 5.78 Å². The summed E-state index contributed by atoms with van der Waals surface area (Å²) in [5.74, 6) is -4.18. The number of aliphatic hydroxyl groups is 1. The SMILES string of the molecule is COC(=O)C12C(=O)C(C)OC3OC(=O)C(C)(CC4C(C)(O)C5=CC(=O)OC(C)(C)C5=CCC41C)C32. The molecule has 0 bridgehead atoms. The van der Waals surface area contributed by atoms with Gasteiger partial charge in [-0.15, -0.1) is 0 Å². The summed E-state index contributed by atoms with van der Waals surface area (Å²) >= 11 is 0. The molecular weight excluding hydrogens is 456 g/mol. The zero-order valence-electron chi connectivity index (χ0n) is 21.1. The van der Waals surface area contributed by atoms with Gasteiger partial charge in [-0.1, -0.05) is 13.0 Å². The molecule has 35 heavy (non-hydrogen) atoms. The Bertz CT molecular complexity index is 1130. The van der Waals surface area contributed by atoms with E-state index in [4.69, 9.17) is 18.9 Å². The van der Waals surface area contributed by atoms with Crippen LogP contribution in [0.3, 0.4) is 0 Å². The van der Waals surface area contributed by atoms with Gasteiger partial charge in [0.25, 0.3) is 0 Å². The van der Waals surface area contributed by atoms with Gasteiger partial charge in [0.1, 0.15) is 17.1 Å². The molecule has 1 saturated carbocycles. The van der Waals surface area contributed by atoms with E-state index in [1.165, 1.54) is 20.1 Å². The summed E-state index contributed by atoms with van der Waals surface area (Å²) in [4.78, 5) is 53.8. The summed E-state index contributed by atoms with van der Waals surface area (Å²) in [6, 6.07) is 0. The third-order valence-electron chi connectivity index (χ3n) is 9.53. The van der Waals surface area contributed by atoms with Crippen molar-refractivity contribution in [3.05, 3.63) is 23.3 Å². The Morgan fingerprint density at radius 3 is 2.40 bits per heavy atom.